The van der Waals surface area contributed by atoms with Crippen LogP contribution in [0.3, 0.4) is 0 Å². The molecule has 0 aliphatic carbocycles. The number of nitrogens with one attached hydrogen (secondary N) is 1. The van der Waals surface area contributed by atoms with Crippen molar-refractivity contribution in [1.82, 2.24) is 10.2 Å². The monoisotopic (exact) mass is 258 g/mol. The predicted molar refractivity (Wildman–Crippen MR) is 70.6 cm³/mol. The normalized spacial score (nSPS) is 23.9. The molecule has 0 amide bonds. The van der Waals surface area contributed by atoms with E-state index in [-0.39, 0.29) is 6.54 Å². The van der Waals surface area contributed by atoms with Gasteiger partial charge in [-0.1, -0.05) is 6.92 Å². The van der Waals surface area contributed by atoms with Crippen molar-refractivity contribution in [2.75, 3.05) is 32.7 Å². The van der Waals surface area contributed by atoms with E-state index >= 15 is 0 Å². The summed E-state index contributed by atoms with van der Waals surface area (Å²) in [6.45, 7) is 7.42. The molecule has 2 unspecified atom stereocenters. The lowest BCUT2D eigenvalue weighted by atomic mass is 9.98. The van der Waals surface area contributed by atoms with E-state index < -0.39 is 11.6 Å². The van der Waals surface area contributed by atoms with E-state index in [9.17, 15) is 9.90 Å². The quantitative estimate of drug-likeness (QED) is 0.621. The van der Waals surface area contributed by atoms with Crippen molar-refractivity contribution >= 4 is 5.97 Å². The molecule has 0 radical (unpaired) electrons. The fourth-order valence-electron chi connectivity index (χ4n) is 2.50. The van der Waals surface area contributed by atoms with Crippen LogP contribution in [0.1, 0.15) is 33.1 Å². The molecule has 1 aliphatic heterocycles. The summed E-state index contributed by atoms with van der Waals surface area (Å²) < 4.78 is 0. The maximum atomic E-state index is 11.0. The first-order chi connectivity index (χ1) is 8.45. The Labute approximate surface area is 109 Å². The van der Waals surface area contributed by atoms with E-state index in [0.29, 0.717) is 5.92 Å². The number of hydrogen-bond donors (Lipinski definition) is 3. The van der Waals surface area contributed by atoms with Crippen molar-refractivity contribution in [2.45, 2.75) is 38.7 Å². The number of carboxylic acid groups (broad SMARTS) is 1. The van der Waals surface area contributed by atoms with Gasteiger partial charge in [0.05, 0.1) is 0 Å². The van der Waals surface area contributed by atoms with Crippen LogP contribution in [0.2, 0.25) is 0 Å². The molecule has 0 spiro atoms. The Bertz CT molecular complexity index is 263. The van der Waals surface area contributed by atoms with Crippen LogP contribution in [0.25, 0.3) is 0 Å². The minimum Gasteiger partial charge on any atom is -0.479 e. The van der Waals surface area contributed by atoms with Crippen LogP contribution in [0, 0.1) is 5.92 Å². The highest BCUT2D eigenvalue weighted by Crippen LogP contribution is 2.15. The Morgan fingerprint density at radius 3 is 2.78 bits per heavy atom. The number of aliphatic hydroxyl groups is 1. The van der Waals surface area contributed by atoms with Gasteiger partial charge in [-0.25, -0.2) is 4.79 Å². The number of piperidine rings is 1. The third-order valence-corrected chi connectivity index (χ3v) is 3.45. The van der Waals surface area contributed by atoms with E-state index in [0.717, 1.165) is 32.6 Å². The van der Waals surface area contributed by atoms with Gasteiger partial charge in [0.2, 0.25) is 0 Å². The van der Waals surface area contributed by atoms with Gasteiger partial charge in [0.25, 0.3) is 0 Å². The summed E-state index contributed by atoms with van der Waals surface area (Å²) in [4.78, 5) is 13.0. The Morgan fingerprint density at radius 1 is 1.56 bits per heavy atom. The molecular formula is C13H26N2O3. The summed E-state index contributed by atoms with van der Waals surface area (Å²) >= 11 is 0. The van der Waals surface area contributed by atoms with Crippen molar-refractivity contribution in [3.8, 4) is 0 Å². The van der Waals surface area contributed by atoms with Gasteiger partial charge < -0.3 is 15.5 Å². The molecule has 5 heteroatoms. The first kappa shape index (κ1) is 15.4. The van der Waals surface area contributed by atoms with Crippen LogP contribution in [0.5, 0.6) is 0 Å². The van der Waals surface area contributed by atoms with Crippen molar-refractivity contribution in [2.24, 2.45) is 5.92 Å². The van der Waals surface area contributed by atoms with Gasteiger partial charge in [0.15, 0.2) is 5.60 Å². The molecule has 0 bridgehead atoms. The number of carbonyl (C=O) groups is 1. The first-order valence-corrected chi connectivity index (χ1v) is 6.84. The van der Waals surface area contributed by atoms with Crippen LogP contribution in [-0.2, 0) is 4.79 Å². The Kier molecular flexibility index (Phi) is 6.05. The number of aliphatic carboxylic acids is 1. The fourth-order valence-corrected chi connectivity index (χ4v) is 2.50. The Hall–Kier alpha value is -0.650. The lowest BCUT2D eigenvalue weighted by molar-refractivity contribution is -0.158. The van der Waals surface area contributed by atoms with E-state index in [1.54, 1.807) is 0 Å². The van der Waals surface area contributed by atoms with Gasteiger partial charge in [-0.05, 0) is 51.7 Å². The van der Waals surface area contributed by atoms with Gasteiger partial charge in [0, 0.05) is 13.1 Å². The number of nitrogens with zero attached hydrogens (tertiary/aromatic N) is 1. The molecular weight excluding hydrogens is 232 g/mol. The highest BCUT2D eigenvalue weighted by molar-refractivity contribution is 5.76. The highest BCUT2D eigenvalue weighted by Gasteiger charge is 2.32. The summed E-state index contributed by atoms with van der Waals surface area (Å²) in [6, 6.07) is 0. The summed E-state index contributed by atoms with van der Waals surface area (Å²) in [6.07, 6.45) is 3.33. The van der Waals surface area contributed by atoms with E-state index in [4.69, 9.17) is 5.11 Å². The molecule has 1 fully saturated rings. The second-order valence-electron chi connectivity index (χ2n) is 5.53. The highest BCUT2D eigenvalue weighted by atomic mass is 16.4. The van der Waals surface area contributed by atoms with Crippen molar-refractivity contribution in [1.29, 1.82) is 0 Å². The van der Waals surface area contributed by atoms with Crippen molar-refractivity contribution in [3.05, 3.63) is 0 Å². The van der Waals surface area contributed by atoms with Gasteiger partial charge in [0.1, 0.15) is 0 Å². The van der Waals surface area contributed by atoms with Crippen LogP contribution in [0.4, 0.5) is 0 Å². The second kappa shape index (κ2) is 7.07. The second-order valence-corrected chi connectivity index (χ2v) is 5.53. The number of hydrogen-bond acceptors (Lipinski definition) is 4. The summed E-state index contributed by atoms with van der Waals surface area (Å²) in [5.41, 5.74) is -1.66. The van der Waals surface area contributed by atoms with E-state index in [1.165, 1.54) is 19.8 Å². The van der Waals surface area contributed by atoms with Gasteiger partial charge in [-0.3, -0.25) is 4.90 Å². The molecule has 106 valence electrons. The lowest BCUT2D eigenvalue weighted by Crippen LogP contribution is -2.49. The maximum absolute atomic E-state index is 11.0. The molecule has 18 heavy (non-hydrogen) atoms. The molecule has 0 aromatic heterocycles. The van der Waals surface area contributed by atoms with Gasteiger partial charge in [-0.15, -0.1) is 0 Å². The standard InChI is InChI=1S/C13H26N2O3/c1-3-7-15(10-13(2,18)12(16)17)9-11-5-4-6-14-8-11/h11,14,18H,3-10H2,1-2H3,(H,16,17). The van der Waals surface area contributed by atoms with Crippen LogP contribution in [0.15, 0.2) is 0 Å². The topological polar surface area (TPSA) is 72.8 Å². The zero-order valence-electron chi connectivity index (χ0n) is 11.5. The van der Waals surface area contributed by atoms with Gasteiger partial charge >= 0.3 is 5.97 Å². The molecule has 1 rings (SSSR count). The summed E-state index contributed by atoms with van der Waals surface area (Å²) in [7, 11) is 0. The molecule has 2 atom stereocenters. The minimum absolute atomic E-state index is 0.201. The van der Waals surface area contributed by atoms with Crippen LogP contribution >= 0.6 is 0 Å². The Balaban J connectivity index is 2.50. The smallest absolute Gasteiger partial charge is 0.336 e. The molecule has 5 nitrogen and oxygen atoms in total. The summed E-state index contributed by atoms with van der Waals surface area (Å²) in [5, 5.41) is 22.2. The molecule has 3 N–H and O–H groups in total. The van der Waals surface area contributed by atoms with Crippen molar-refractivity contribution in [3.63, 3.8) is 0 Å². The zero-order valence-corrected chi connectivity index (χ0v) is 11.5. The maximum Gasteiger partial charge on any atom is 0.336 e. The minimum atomic E-state index is -1.66. The van der Waals surface area contributed by atoms with Crippen molar-refractivity contribution < 1.29 is 15.0 Å². The van der Waals surface area contributed by atoms with E-state index in [2.05, 4.69) is 17.1 Å². The molecule has 0 aromatic rings. The van der Waals surface area contributed by atoms with E-state index in [1.807, 2.05) is 0 Å². The summed E-state index contributed by atoms with van der Waals surface area (Å²) in [5.74, 6) is -0.583. The number of rotatable bonds is 7. The lowest BCUT2D eigenvalue weighted by Gasteiger charge is -2.33. The molecule has 1 aliphatic rings. The Morgan fingerprint density at radius 2 is 2.28 bits per heavy atom. The first-order valence-electron chi connectivity index (χ1n) is 6.84. The molecule has 1 heterocycles. The van der Waals surface area contributed by atoms with Crippen LogP contribution < -0.4 is 5.32 Å². The van der Waals surface area contributed by atoms with Crippen LogP contribution in [-0.4, -0.2) is 59.4 Å². The third kappa shape index (κ3) is 4.92. The zero-order chi connectivity index (χ0) is 13.6. The predicted octanol–water partition coefficient (Wildman–Crippen LogP) is 0.534. The molecule has 0 aromatic carbocycles. The largest absolute Gasteiger partial charge is 0.479 e. The fraction of sp³-hybridized carbons (Fsp3) is 0.923. The molecule has 1 saturated heterocycles. The SMILES string of the molecule is CCCN(CC1CCCNC1)CC(C)(O)C(=O)O. The average Bonchev–Trinajstić information content (AvgIpc) is 2.30. The van der Waals surface area contributed by atoms with Gasteiger partial charge in [-0.2, -0.15) is 0 Å². The third-order valence-electron chi connectivity index (χ3n) is 3.45. The average molecular weight is 258 g/mol. The molecule has 0 saturated carbocycles. The number of carboxylic acids is 1.